The van der Waals surface area contributed by atoms with Crippen LogP contribution >= 0.6 is 23.2 Å². The predicted octanol–water partition coefficient (Wildman–Crippen LogP) is 4.90. The Hall–Kier alpha value is -9.33. The molecule has 7 aliphatic rings. The van der Waals surface area contributed by atoms with Crippen molar-refractivity contribution in [2.75, 3.05) is 26.9 Å². The quantitative estimate of drug-likeness (QED) is 0.0323. The molecule has 0 aliphatic carbocycles. The van der Waals surface area contributed by atoms with Crippen LogP contribution in [0.5, 0.6) is 46.0 Å². The maximum atomic E-state index is 16.3. The van der Waals surface area contributed by atoms with Gasteiger partial charge in [-0.1, -0.05) is 88.4 Å². The van der Waals surface area contributed by atoms with Crippen molar-refractivity contribution in [3.63, 3.8) is 0 Å². The number of carboxylic acid groups (broad SMARTS) is 1. The summed E-state index contributed by atoms with van der Waals surface area (Å²) in [5.74, 6) is -20.1. The lowest BCUT2D eigenvalue weighted by atomic mass is 9.84. The van der Waals surface area contributed by atoms with Gasteiger partial charge in [-0.05, 0) is 109 Å². The SMILES string of the molecule is CCCCCCOC(CNC1(C)CC(OC2C(Oc3c4cc5cc3Oc3ccc(cc3Cl)[C@@H](O)[C@@H]3NC(=O)C(CC(=O)C5NC(=O)C(CC(N)=O)CC(=O)[C@@H](NC(=O)[C@H](C)CC(C)C)C(O)c5ccc(c(Cl)c5)O4)c4ccc(O)c(c4)-c4c(O)cc(O)cc4C(C(=O)O)NC3=O)OC(CO)C(O)C2O)OC(C)C1O)C(=O)OC. The highest BCUT2D eigenvalue weighted by Crippen LogP contribution is 2.51. The number of aliphatic carboxylic acids is 1. The highest BCUT2D eigenvalue weighted by atomic mass is 35.5. The minimum absolute atomic E-state index is 0.0344. The fraction of sp³-hybridized carbons (Fsp3) is 0.500. The van der Waals surface area contributed by atoms with E-state index in [0.29, 0.717) is 12.8 Å². The van der Waals surface area contributed by atoms with Gasteiger partial charge in [0.15, 0.2) is 47.6 Å². The van der Waals surface area contributed by atoms with E-state index in [-0.39, 0.29) is 53.0 Å². The van der Waals surface area contributed by atoms with E-state index in [1.54, 1.807) is 13.8 Å². The number of aliphatic hydroxyl groups is 6. The van der Waals surface area contributed by atoms with Gasteiger partial charge in [0.2, 0.25) is 41.6 Å². The smallest absolute Gasteiger partial charge is 0.336 e. The van der Waals surface area contributed by atoms with Gasteiger partial charge in [0.1, 0.15) is 77.4 Å². The van der Waals surface area contributed by atoms with E-state index in [1.165, 1.54) is 32.2 Å². The number of phenols is 3. The van der Waals surface area contributed by atoms with E-state index in [9.17, 15) is 75.0 Å². The molecule has 5 amide bonds. The van der Waals surface area contributed by atoms with Gasteiger partial charge < -0.3 is 121 Å². The number of Topliss-reactive ketones (excluding diaryl/α,β-unsaturated/α-hetero) is 2. The molecule has 7 aliphatic heterocycles. The van der Waals surface area contributed by atoms with Crippen LogP contribution in [0, 0.1) is 17.8 Å². The monoisotopic (exact) mass is 1620 g/mol. The van der Waals surface area contributed by atoms with Crippen LogP contribution in [0.1, 0.15) is 157 Å². The molecule has 0 saturated carbocycles. The first-order chi connectivity index (χ1) is 53.5. The number of phenolic OH excluding ortho intramolecular Hbond substituents is 3. The van der Waals surface area contributed by atoms with Crippen LogP contribution in [0.15, 0.2) is 78.9 Å². The average molecular weight is 1620 g/mol. The number of aromatic hydroxyl groups is 3. The molecular formula is C78H94Cl2N6O27. The normalized spacial score (nSPS) is 27.9. The van der Waals surface area contributed by atoms with Gasteiger partial charge in [-0.3, -0.25) is 33.6 Å². The molecule has 19 atom stereocenters. The third kappa shape index (κ3) is 19.7. The van der Waals surface area contributed by atoms with Crippen LogP contribution in [0.2, 0.25) is 10.0 Å². The van der Waals surface area contributed by atoms with E-state index in [2.05, 4.69) is 26.6 Å². The van der Waals surface area contributed by atoms with Gasteiger partial charge >= 0.3 is 11.9 Å². The first kappa shape index (κ1) is 86.1. The molecule has 612 valence electrons. The molecule has 33 nitrogen and oxygen atoms in total. The van der Waals surface area contributed by atoms with Crippen molar-refractivity contribution in [3.8, 4) is 57.1 Å². The first-order valence-electron chi connectivity index (χ1n) is 36.9. The maximum absolute atomic E-state index is 16.3. The van der Waals surface area contributed by atoms with E-state index in [1.807, 2.05) is 20.8 Å². The zero-order valence-electron chi connectivity index (χ0n) is 62.7. The van der Waals surface area contributed by atoms with Crippen LogP contribution in [0.25, 0.3) is 11.1 Å². The number of carboxylic acids is 1. The second-order valence-electron chi connectivity index (χ2n) is 29.6. The van der Waals surface area contributed by atoms with Crippen molar-refractivity contribution in [2.24, 2.45) is 23.5 Å². The molecule has 2 saturated heterocycles. The van der Waals surface area contributed by atoms with E-state index in [4.69, 9.17) is 66.8 Å². The second-order valence-corrected chi connectivity index (χ2v) is 30.4. The van der Waals surface area contributed by atoms with E-state index in [0.717, 1.165) is 79.9 Å². The van der Waals surface area contributed by atoms with Crippen molar-refractivity contribution in [3.05, 3.63) is 117 Å². The minimum atomic E-state index is -2.26. The Kier molecular flexibility index (Phi) is 28.1. The Morgan fingerprint density at radius 1 is 0.735 bits per heavy atom. The maximum Gasteiger partial charge on any atom is 0.336 e. The molecule has 11 bridgehead atoms. The van der Waals surface area contributed by atoms with Gasteiger partial charge in [0, 0.05) is 73.0 Å². The van der Waals surface area contributed by atoms with Crippen molar-refractivity contribution >= 4 is 76.2 Å². The van der Waals surface area contributed by atoms with E-state index < -0.39 is 261 Å². The number of amides is 5. The van der Waals surface area contributed by atoms with Crippen molar-refractivity contribution < 1.29 is 132 Å². The Labute approximate surface area is 658 Å². The van der Waals surface area contributed by atoms with Gasteiger partial charge in [-0.25, -0.2) is 9.59 Å². The number of rotatable bonds is 22. The largest absolute Gasteiger partial charge is 0.508 e. The lowest BCUT2D eigenvalue weighted by molar-refractivity contribution is -0.334. The lowest BCUT2D eigenvalue weighted by Gasteiger charge is -2.48. The van der Waals surface area contributed by atoms with Crippen molar-refractivity contribution in [2.45, 2.75) is 202 Å². The number of primary amides is 1. The summed E-state index contributed by atoms with van der Waals surface area (Å²) in [5, 5.41) is 129. The van der Waals surface area contributed by atoms with Crippen LogP contribution in [-0.4, -0.2) is 204 Å². The Morgan fingerprint density at radius 3 is 2.00 bits per heavy atom. The molecule has 2 fully saturated rings. The Morgan fingerprint density at radius 2 is 1.39 bits per heavy atom. The van der Waals surface area contributed by atoms with Gasteiger partial charge in [0.25, 0.3) is 0 Å². The zero-order valence-corrected chi connectivity index (χ0v) is 64.2. The van der Waals surface area contributed by atoms with Crippen LogP contribution < -0.4 is 46.5 Å². The summed E-state index contributed by atoms with van der Waals surface area (Å²) in [7, 11) is 1.19. The molecule has 7 heterocycles. The van der Waals surface area contributed by atoms with Crippen LogP contribution in [0.3, 0.4) is 0 Å². The number of hydrogen-bond acceptors (Lipinski definition) is 27. The highest BCUT2D eigenvalue weighted by Gasteiger charge is 2.53. The molecule has 5 aromatic rings. The number of ether oxygens (including phenoxy) is 8. The Balaban J connectivity index is 1.19. The molecule has 15 unspecified atom stereocenters. The molecular weight excluding hydrogens is 1520 g/mol. The fourth-order valence-corrected chi connectivity index (χ4v) is 15.1. The molecule has 35 heteroatoms. The molecule has 0 radical (unpaired) electrons. The summed E-state index contributed by atoms with van der Waals surface area (Å²) in [6.45, 7) is 9.47. The molecule has 5 aromatic carbocycles. The third-order valence-electron chi connectivity index (χ3n) is 20.7. The number of methoxy groups -OCH3 is 1. The number of fused-ring (bicyclic) bond motifs is 15. The van der Waals surface area contributed by atoms with Crippen LogP contribution in [-0.2, 0) is 66.8 Å². The molecule has 113 heavy (non-hydrogen) atoms. The molecule has 0 aromatic heterocycles. The fourth-order valence-electron chi connectivity index (χ4n) is 14.6. The van der Waals surface area contributed by atoms with Gasteiger partial charge in [-0.2, -0.15) is 0 Å². The summed E-state index contributed by atoms with van der Waals surface area (Å²) in [5.41, 5.74) is 1.90. The molecule has 0 spiro atoms. The molecule has 12 rings (SSSR count). The number of nitrogens with one attached hydrogen (secondary N) is 5. The second kappa shape index (κ2) is 36.9. The average Bonchev–Trinajstić information content (AvgIpc) is 0.768. The minimum Gasteiger partial charge on any atom is -0.508 e. The number of ketones is 2. The topological polar surface area (TPSA) is 516 Å². The number of halogens is 2. The molecule has 17 N–H and O–H groups in total. The number of benzene rings is 5. The first-order valence-corrected chi connectivity index (χ1v) is 37.7. The summed E-state index contributed by atoms with van der Waals surface area (Å²) >= 11 is 14.3. The Bertz CT molecular complexity index is 4400. The summed E-state index contributed by atoms with van der Waals surface area (Å²) in [6.07, 6.45) is -18.7. The number of nitrogens with two attached hydrogens (primary N) is 1. The van der Waals surface area contributed by atoms with Gasteiger partial charge in [0.05, 0.1) is 47.8 Å². The number of hydrogen-bond donors (Lipinski definition) is 16. The zero-order chi connectivity index (χ0) is 82.4. The highest BCUT2D eigenvalue weighted by molar-refractivity contribution is 6.32. The van der Waals surface area contributed by atoms with Gasteiger partial charge in [-0.15, -0.1) is 0 Å². The summed E-state index contributed by atoms with van der Waals surface area (Å²) < 4.78 is 50.3. The summed E-state index contributed by atoms with van der Waals surface area (Å²) in [4.78, 5) is 131. The standard InChI is InChI=1S/C78H94Cl2N6O27/c1-8-9-10-11-18-107-55(76(105)106-7)31-82-78(6)30-58(108-35(5)70(78)98)112-69-67(97)66(96)56(32-87)111-77(69)113-68-53-24-39-25-54(68)110-52-17-14-38(22-46(52)80)65(95)63-74(102)84-61(75(103)104)44-27-41(88)28-48(90)59(44)43-20-36(12-15-47(43)89)42(73(101)86-63)29-50(92)60(39)83-72(100)40(26-57(81)93)23-49(91)62(85-71(99)34(4)19-33(2)3)64(94)37-13-16-51(109-53)45(79)21-37/h12-17,20-22,24-25,27-28,33-35,40,42,55-56,58,60-67,69-70,77,82,87-90,94-98H,8-11,18-19,23,26,29-32H2,1-7H3,(H2,81,93)(H,83,100)(H,84,102)(H,85,99)(H,86,101)(H,103,104)/t34-,35?,40?,42?,55?,56?,58?,60?,61?,62-,63+,64?,65-,66?,67?,69?,70?,77?,78?/m1/s1. The number of unbranched alkanes of at least 4 members (excludes halogenated alkanes) is 3. The number of carbonyl (C=O) groups is 9. The number of esters is 1. The van der Waals surface area contributed by atoms with Crippen molar-refractivity contribution in [1.29, 1.82) is 0 Å². The van der Waals surface area contributed by atoms with Crippen LogP contribution in [0.4, 0.5) is 0 Å². The summed E-state index contributed by atoms with van der Waals surface area (Å²) in [6, 6.07) is 5.46. The van der Waals surface area contributed by atoms with Crippen molar-refractivity contribution in [1.82, 2.24) is 26.6 Å². The lowest BCUT2D eigenvalue weighted by Crippen LogP contribution is -2.66. The number of aliphatic hydroxyl groups excluding tert-OH is 6. The predicted molar refractivity (Wildman–Crippen MR) is 398 cm³/mol. The third-order valence-corrected chi connectivity index (χ3v) is 21.3. The van der Waals surface area contributed by atoms with E-state index >= 15 is 19.2 Å². The number of carbonyl (C=O) groups excluding carboxylic acids is 8.